The van der Waals surface area contributed by atoms with E-state index in [2.05, 4.69) is 5.16 Å². The van der Waals surface area contributed by atoms with Gasteiger partial charge in [0.2, 0.25) is 0 Å². The van der Waals surface area contributed by atoms with Crippen molar-refractivity contribution in [3.8, 4) is 17.2 Å². The van der Waals surface area contributed by atoms with Gasteiger partial charge in [-0.3, -0.25) is 14.5 Å². The first-order valence-electron chi connectivity index (χ1n) is 10.7. The average Bonchev–Trinajstić information content (AvgIpc) is 3.39. The molecule has 1 unspecified atom stereocenters. The number of carbonyl (C=O) groups excluding carboxylic acids is 2. The van der Waals surface area contributed by atoms with E-state index in [0.717, 1.165) is 0 Å². The Morgan fingerprint density at radius 1 is 1.09 bits per heavy atom. The Kier molecular flexibility index (Phi) is 6.70. The number of hydrogen-bond acceptors (Lipinski definition) is 8. The second-order valence-electron chi connectivity index (χ2n) is 7.66. The molecule has 2 heterocycles. The number of rotatable bonds is 7. The van der Waals surface area contributed by atoms with Crippen molar-refractivity contribution >= 4 is 34.9 Å². The van der Waals surface area contributed by atoms with Gasteiger partial charge in [-0.25, -0.2) is 0 Å². The maximum Gasteiger partial charge on any atom is 0.301 e. The standard InChI is InChI=1S/C25H23ClN2O7/c1-5-34-18-9-6-14(12-19(18)33-4)22-21(23(29)15-7-8-17(32-3)16(26)11-15)24(30)25(31)28(22)20-10-13(2)35-27-20/h6-12,22,29H,5H2,1-4H3. The van der Waals surface area contributed by atoms with Gasteiger partial charge >= 0.3 is 5.91 Å². The normalized spacial score (nSPS) is 17.1. The van der Waals surface area contributed by atoms with Crippen molar-refractivity contribution < 1.29 is 33.4 Å². The smallest absolute Gasteiger partial charge is 0.301 e. The van der Waals surface area contributed by atoms with Crippen LogP contribution in [0.1, 0.15) is 29.9 Å². The summed E-state index contributed by atoms with van der Waals surface area (Å²) in [5.74, 6) is -0.261. The summed E-state index contributed by atoms with van der Waals surface area (Å²) in [6, 6.07) is 10.1. The van der Waals surface area contributed by atoms with E-state index in [-0.39, 0.29) is 22.0 Å². The number of benzene rings is 2. The maximum absolute atomic E-state index is 13.2. The van der Waals surface area contributed by atoms with Crippen LogP contribution in [0.2, 0.25) is 5.02 Å². The van der Waals surface area contributed by atoms with Gasteiger partial charge in [-0.2, -0.15) is 0 Å². The van der Waals surface area contributed by atoms with Crippen molar-refractivity contribution in [2.75, 3.05) is 25.7 Å². The van der Waals surface area contributed by atoms with Gasteiger partial charge in [0.25, 0.3) is 5.78 Å². The van der Waals surface area contributed by atoms with Crippen molar-refractivity contribution in [2.24, 2.45) is 0 Å². The van der Waals surface area contributed by atoms with Gasteiger partial charge in [0.15, 0.2) is 17.3 Å². The van der Waals surface area contributed by atoms with Crippen LogP contribution in [-0.2, 0) is 9.59 Å². The Morgan fingerprint density at radius 3 is 2.40 bits per heavy atom. The second-order valence-corrected chi connectivity index (χ2v) is 8.06. The summed E-state index contributed by atoms with van der Waals surface area (Å²) in [6.45, 7) is 3.93. The summed E-state index contributed by atoms with van der Waals surface area (Å²) < 4.78 is 21.4. The van der Waals surface area contributed by atoms with Crippen LogP contribution in [0.25, 0.3) is 5.76 Å². The zero-order valence-electron chi connectivity index (χ0n) is 19.5. The number of aryl methyl sites for hydroxylation is 1. The number of aliphatic hydroxyl groups is 1. The number of halogens is 1. The highest BCUT2D eigenvalue weighted by molar-refractivity contribution is 6.51. The molecule has 1 N–H and O–H groups in total. The Hall–Kier alpha value is -3.98. The average molecular weight is 499 g/mol. The summed E-state index contributed by atoms with van der Waals surface area (Å²) in [7, 11) is 2.95. The SMILES string of the molecule is CCOc1ccc(C2C(=C(O)c3ccc(OC)c(Cl)c3)C(=O)C(=O)N2c2cc(C)on2)cc1OC. The molecular formula is C25H23ClN2O7. The molecule has 1 atom stereocenters. The van der Waals surface area contributed by atoms with Crippen LogP contribution in [0.3, 0.4) is 0 Å². The number of methoxy groups -OCH3 is 2. The molecule has 9 nitrogen and oxygen atoms in total. The van der Waals surface area contributed by atoms with E-state index in [1.54, 1.807) is 37.3 Å². The van der Waals surface area contributed by atoms with Crippen LogP contribution in [0.4, 0.5) is 5.82 Å². The fourth-order valence-electron chi connectivity index (χ4n) is 3.95. The first-order chi connectivity index (χ1) is 16.8. The topological polar surface area (TPSA) is 111 Å². The van der Waals surface area contributed by atoms with Crippen molar-refractivity contribution in [1.29, 1.82) is 0 Å². The van der Waals surface area contributed by atoms with Crippen LogP contribution in [0, 0.1) is 6.92 Å². The second kappa shape index (κ2) is 9.71. The van der Waals surface area contributed by atoms with Gasteiger partial charge in [-0.1, -0.05) is 22.8 Å². The minimum absolute atomic E-state index is 0.134. The van der Waals surface area contributed by atoms with Crippen LogP contribution < -0.4 is 19.1 Å². The lowest BCUT2D eigenvalue weighted by Crippen LogP contribution is -2.29. The van der Waals surface area contributed by atoms with Crippen molar-refractivity contribution in [3.05, 3.63) is 69.9 Å². The van der Waals surface area contributed by atoms with Gasteiger partial charge < -0.3 is 23.8 Å². The molecule has 2 aromatic carbocycles. The third-order valence-corrected chi connectivity index (χ3v) is 5.83. The van der Waals surface area contributed by atoms with Gasteiger partial charge in [0.1, 0.15) is 17.3 Å². The molecule has 0 saturated carbocycles. The number of ether oxygens (including phenoxy) is 3. The Bertz CT molecular complexity index is 1330. The molecule has 182 valence electrons. The number of hydrogen-bond donors (Lipinski definition) is 1. The van der Waals surface area contributed by atoms with Crippen LogP contribution in [0.5, 0.6) is 17.2 Å². The maximum atomic E-state index is 13.2. The monoisotopic (exact) mass is 498 g/mol. The van der Waals surface area contributed by atoms with E-state index >= 15 is 0 Å². The predicted molar refractivity (Wildman–Crippen MR) is 128 cm³/mol. The van der Waals surface area contributed by atoms with Gasteiger partial charge in [-0.15, -0.1) is 0 Å². The zero-order chi connectivity index (χ0) is 25.3. The number of ketones is 1. The van der Waals surface area contributed by atoms with E-state index in [4.69, 9.17) is 30.3 Å². The largest absolute Gasteiger partial charge is 0.507 e. The molecule has 10 heteroatoms. The Labute approximate surface area is 206 Å². The fourth-order valence-corrected chi connectivity index (χ4v) is 4.21. The molecule has 1 amide bonds. The lowest BCUT2D eigenvalue weighted by atomic mass is 9.95. The molecule has 1 aliphatic heterocycles. The lowest BCUT2D eigenvalue weighted by molar-refractivity contribution is -0.132. The number of nitrogens with zero attached hydrogens (tertiary/aromatic N) is 2. The van der Waals surface area contributed by atoms with Crippen LogP contribution in [0.15, 0.2) is 52.6 Å². The number of aliphatic hydroxyl groups excluding tert-OH is 1. The van der Waals surface area contributed by atoms with Crippen LogP contribution in [-0.4, -0.2) is 42.8 Å². The third kappa shape index (κ3) is 4.30. The molecule has 3 aromatic rings. The first kappa shape index (κ1) is 24.2. The highest BCUT2D eigenvalue weighted by Crippen LogP contribution is 2.44. The molecule has 1 fully saturated rings. The number of Topliss-reactive ketones (excluding diaryl/α,β-unsaturated/α-hetero) is 1. The van der Waals surface area contributed by atoms with Gasteiger partial charge in [0, 0.05) is 11.6 Å². The molecule has 1 aliphatic rings. The Balaban J connectivity index is 1.94. The third-order valence-electron chi connectivity index (χ3n) is 5.54. The van der Waals surface area contributed by atoms with Crippen molar-refractivity contribution in [2.45, 2.75) is 19.9 Å². The highest BCUT2D eigenvalue weighted by Gasteiger charge is 2.48. The highest BCUT2D eigenvalue weighted by atomic mass is 35.5. The minimum atomic E-state index is -1.02. The summed E-state index contributed by atoms with van der Waals surface area (Å²) >= 11 is 6.24. The number of carbonyl (C=O) groups is 2. The van der Waals surface area contributed by atoms with E-state index in [9.17, 15) is 14.7 Å². The van der Waals surface area contributed by atoms with E-state index in [1.807, 2.05) is 6.92 Å². The zero-order valence-corrected chi connectivity index (χ0v) is 20.3. The lowest BCUT2D eigenvalue weighted by Gasteiger charge is -2.23. The molecular weight excluding hydrogens is 476 g/mol. The first-order valence-corrected chi connectivity index (χ1v) is 11.1. The number of amides is 1. The number of anilines is 1. The molecule has 4 rings (SSSR count). The molecule has 0 radical (unpaired) electrons. The molecule has 35 heavy (non-hydrogen) atoms. The fraction of sp³-hybridized carbons (Fsp3) is 0.240. The summed E-state index contributed by atoms with van der Waals surface area (Å²) in [5, 5.41) is 15.4. The molecule has 0 aliphatic carbocycles. The van der Waals surface area contributed by atoms with Crippen LogP contribution >= 0.6 is 11.6 Å². The van der Waals surface area contributed by atoms with E-state index in [0.29, 0.717) is 35.2 Å². The molecule has 0 bridgehead atoms. The van der Waals surface area contributed by atoms with E-state index in [1.165, 1.54) is 31.3 Å². The van der Waals surface area contributed by atoms with Gasteiger partial charge in [-0.05, 0) is 49.7 Å². The molecule has 0 spiro atoms. The molecule has 1 saturated heterocycles. The summed E-state index contributed by atoms with van der Waals surface area (Å²) in [5.41, 5.74) is 0.599. The quantitative estimate of drug-likeness (QED) is 0.284. The molecule has 1 aromatic heterocycles. The summed E-state index contributed by atoms with van der Waals surface area (Å²) in [4.78, 5) is 27.6. The van der Waals surface area contributed by atoms with Crippen molar-refractivity contribution in [3.63, 3.8) is 0 Å². The van der Waals surface area contributed by atoms with E-state index < -0.39 is 23.5 Å². The minimum Gasteiger partial charge on any atom is -0.507 e. The summed E-state index contributed by atoms with van der Waals surface area (Å²) in [6.07, 6.45) is 0. The Morgan fingerprint density at radius 2 is 1.80 bits per heavy atom. The predicted octanol–water partition coefficient (Wildman–Crippen LogP) is 4.68. The van der Waals surface area contributed by atoms with Crippen molar-refractivity contribution in [1.82, 2.24) is 5.16 Å². The van der Waals surface area contributed by atoms with Gasteiger partial charge in [0.05, 0.1) is 37.5 Å². The number of aromatic nitrogens is 1.